The maximum Gasteiger partial charge on any atom is 0.331 e. The van der Waals surface area contributed by atoms with Crippen molar-refractivity contribution in [3.63, 3.8) is 0 Å². The van der Waals surface area contributed by atoms with E-state index in [0.29, 0.717) is 6.54 Å². The van der Waals surface area contributed by atoms with Crippen LogP contribution in [0.3, 0.4) is 0 Å². The number of benzene rings is 1. The smallest absolute Gasteiger partial charge is 0.331 e. The maximum atomic E-state index is 12.1. The van der Waals surface area contributed by atoms with Crippen LogP contribution in [0.2, 0.25) is 0 Å². The summed E-state index contributed by atoms with van der Waals surface area (Å²) in [5.41, 5.74) is 0.879. The van der Waals surface area contributed by atoms with Crippen LogP contribution in [-0.2, 0) is 13.1 Å². The molecule has 8 nitrogen and oxygen atoms in total. The summed E-state index contributed by atoms with van der Waals surface area (Å²) in [7, 11) is 1.70. The molecule has 0 unspecified atom stereocenters. The Kier molecular flexibility index (Phi) is 7.00. The molecule has 8 heteroatoms. The molecule has 28 heavy (non-hydrogen) atoms. The van der Waals surface area contributed by atoms with Gasteiger partial charge in [0.2, 0.25) is 5.88 Å². The van der Waals surface area contributed by atoms with E-state index in [-0.39, 0.29) is 24.7 Å². The number of methoxy groups -OCH3 is 1. The van der Waals surface area contributed by atoms with Crippen molar-refractivity contribution in [1.82, 2.24) is 14.0 Å². The summed E-state index contributed by atoms with van der Waals surface area (Å²) in [6.07, 6.45) is 3.17. The molecule has 1 aromatic carbocycles. The number of anilines is 1. The number of aromatic hydroxyl groups is 1. The number of aromatic nitrogens is 2. The molecule has 0 bridgehead atoms. The zero-order valence-electron chi connectivity index (χ0n) is 16.5. The molecule has 0 aliphatic carbocycles. The van der Waals surface area contributed by atoms with Gasteiger partial charge in [0.15, 0.2) is 0 Å². The lowest BCUT2D eigenvalue weighted by Gasteiger charge is -2.36. The van der Waals surface area contributed by atoms with Crippen LogP contribution in [0.1, 0.15) is 12.8 Å². The van der Waals surface area contributed by atoms with E-state index < -0.39 is 0 Å². The summed E-state index contributed by atoms with van der Waals surface area (Å²) in [4.78, 5) is 16.9. The van der Waals surface area contributed by atoms with Gasteiger partial charge in [-0.2, -0.15) is 0 Å². The van der Waals surface area contributed by atoms with Crippen LogP contribution < -0.4 is 15.3 Å². The molecule has 0 spiro atoms. The number of hydrogen-bond donors (Lipinski definition) is 2. The van der Waals surface area contributed by atoms with Gasteiger partial charge in [0.1, 0.15) is 5.75 Å². The highest BCUT2D eigenvalue weighted by atomic mass is 16.5. The predicted molar refractivity (Wildman–Crippen MR) is 108 cm³/mol. The lowest BCUT2D eigenvalue weighted by molar-refractivity contribution is 0.249. The lowest BCUT2D eigenvalue weighted by atomic mass is 10.2. The van der Waals surface area contributed by atoms with Gasteiger partial charge in [-0.1, -0.05) is 12.1 Å². The number of para-hydroxylation sites is 2. The summed E-state index contributed by atoms with van der Waals surface area (Å²) in [5, 5.41) is 18.9. The number of rotatable bonds is 9. The molecule has 0 atom stereocenters. The number of imidazole rings is 1. The molecule has 1 aliphatic heterocycles. The van der Waals surface area contributed by atoms with Crippen molar-refractivity contribution < 1.29 is 14.9 Å². The van der Waals surface area contributed by atoms with Gasteiger partial charge in [-0.15, -0.1) is 0 Å². The summed E-state index contributed by atoms with van der Waals surface area (Å²) >= 11 is 0. The van der Waals surface area contributed by atoms with Gasteiger partial charge >= 0.3 is 5.69 Å². The van der Waals surface area contributed by atoms with Crippen LogP contribution >= 0.6 is 0 Å². The molecule has 1 aliphatic rings. The number of nitrogens with zero attached hydrogens (tertiary/aromatic N) is 4. The highest BCUT2D eigenvalue weighted by molar-refractivity contribution is 5.58. The first kappa shape index (κ1) is 20.3. The van der Waals surface area contributed by atoms with Crippen molar-refractivity contribution in [1.29, 1.82) is 0 Å². The standard InChI is InChI=1S/C20H30N4O4/c1-28-18-7-3-2-6-17(18)22-12-10-21(11-13-22)8-4-5-9-24-19(26)16-23(14-15-25)20(24)27/h2-3,6-7,16,25-26H,4-5,8-15H2,1H3. The maximum absolute atomic E-state index is 12.1. The summed E-state index contributed by atoms with van der Waals surface area (Å²) in [6, 6.07) is 8.11. The highest BCUT2D eigenvalue weighted by Gasteiger charge is 2.19. The van der Waals surface area contributed by atoms with Crippen molar-refractivity contribution in [3.05, 3.63) is 40.9 Å². The van der Waals surface area contributed by atoms with E-state index in [2.05, 4.69) is 15.9 Å². The van der Waals surface area contributed by atoms with Gasteiger partial charge < -0.3 is 19.8 Å². The Labute approximate surface area is 165 Å². The average Bonchev–Trinajstić information content (AvgIpc) is 2.99. The van der Waals surface area contributed by atoms with Gasteiger partial charge in [-0.05, 0) is 31.5 Å². The van der Waals surface area contributed by atoms with E-state index in [4.69, 9.17) is 9.84 Å². The first-order chi connectivity index (χ1) is 13.6. The third kappa shape index (κ3) is 4.69. The average molecular weight is 390 g/mol. The number of aliphatic hydroxyl groups excluding tert-OH is 1. The molecule has 1 saturated heterocycles. The van der Waals surface area contributed by atoms with Crippen LogP contribution in [0.4, 0.5) is 5.69 Å². The zero-order valence-corrected chi connectivity index (χ0v) is 16.5. The van der Waals surface area contributed by atoms with E-state index in [1.807, 2.05) is 18.2 Å². The molecule has 1 fully saturated rings. The van der Waals surface area contributed by atoms with Crippen molar-refractivity contribution in [2.75, 3.05) is 51.3 Å². The first-order valence-electron chi connectivity index (χ1n) is 9.84. The fourth-order valence-electron chi connectivity index (χ4n) is 3.70. The van der Waals surface area contributed by atoms with Crippen LogP contribution in [0, 0.1) is 0 Å². The van der Waals surface area contributed by atoms with Crippen LogP contribution in [0.25, 0.3) is 0 Å². The monoisotopic (exact) mass is 390 g/mol. The molecule has 0 saturated carbocycles. The Bertz CT molecular complexity index is 809. The van der Waals surface area contributed by atoms with Gasteiger partial charge in [-0.3, -0.25) is 14.0 Å². The third-order valence-electron chi connectivity index (χ3n) is 5.27. The molecule has 1 aromatic heterocycles. The zero-order chi connectivity index (χ0) is 19.9. The van der Waals surface area contributed by atoms with E-state index in [1.165, 1.54) is 15.3 Å². The number of unbranched alkanes of at least 4 members (excludes halogenated alkanes) is 1. The molecule has 2 N–H and O–H groups in total. The third-order valence-corrected chi connectivity index (χ3v) is 5.27. The lowest BCUT2D eigenvalue weighted by Crippen LogP contribution is -2.46. The molecule has 3 rings (SSSR count). The molecule has 2 heterocycles. The van der Waals surface area contributed by atoms with Crippen LogP contribution in [0.15, 0.2) is 35.3 Å². The van der Waals surface area contributed by atoms with Crippen molar-refractivity contribution in [2.24, 2.45) is 0 Å². The van der Waals surface area contributed by atoms with Crippen molar-refractivity contribution in [3.8, 4) is 11.6 Å². The second-order valence-corrected chi connectivity index (χ2v) is 7.05. The Morgan fingerprint density at radius 2 is 1.75 bits per heavy atom. The molecule has 154 valence electrons. The topological polar surface area (TPSA) is 83.1 Å². The van der Waals surface area contributed by atoms with Gasteiger partial charge in [0.25, 0.3) is 0 Å². The second kappa shape index (κ2) is 9.66. The number of hydrogen-bond acceptors (Lipinski definition) is 6. The highest BCUT2D eigenvalue weighted by Crippen LogP contribution is 2.28. The van der Waals surface area contributed by atoms with Crippen molar-refractivity contribution >= 4 is 5.69 Å². The van der Waals surface area contributed by atoms with Crippen LogP contribution in [0.5, 0.6) is 11.6 Å². The van der Waals surface area contributed by atoms with Gasteiger partial charge in [-0.25, -0.2) is 4.79 Å². The fourth-order valence-corrected chi connectivity index (χ4v) is 3.70. The minimum atomic E-state index is -0.267. The SMILES string of the molecule is COc1ccccc1N1CCN(CCCCn2c(O)cn(CCO)c2=O)CC1. The molecule has 0 radical (unpaired) electrons. The Morgan fingerprint density at radius 1 is 1.04 bits per heavy atom. The largest absolute Gasteiger partial charge is 0.495 e. The number of piperazine rings is 1. The van der Waals surface area contributed by atoms with E-state index in [1.54, 1.807) is 7.11 Å². The Morgan fingerprint density at radius 3 is 2.46 bits per heavy atom. The van der Waals surface area contributed by atoms with Crippen molar-refractivity contribution in [2.45, 2.75) is 25.9 Å². The van der Waals surface area contributed by atoms with E-state index in [0.717, 1.165) is 57.0 Å². The van der Waals surface area contributed by atoms with E-state index >= 15 is 0 Å². The molecule has 0 amide bonds. The van der Waals surface area contributed by atoms with Crippen LogP contribution in [-0.4, -0.2) is 70.7 Å². The number of ether oxygens (including phenoxy) is 1. The van der Waals surface area contributed by atoms with E-state index in [9.17, 15) is 9.90 Å². The summed E-state index contributed by atoms with van der Waals surface area (Å²) in [5.74, 6) is 0.873. The normalized spacial score (nSPS) is 15.1. The molecular weight excluding hydrogens is 360 g/mol. The Balaban J connectivity index is 1.42. The minimum Gasteiger partial charge on any atom is -0.495 e. The predicted octanol–water partition coefficient (Wildman–Crippen LogP) is 0.959. The first-order valence-corrected chi connectivity index (χ1v) is 9.84. The van der Waals surface area contributed by atoms with Gasteiger partial charge in [0.05, 0.1) is 32.1 Å². The Hall–Kier alpha value is -2.45. The number of aliphatic hydroxyl groups is 1. The summed E-state index contributed by atoms with van der Waals surface area (Å²) in [6.45, 7) is 5.47. The molecular formula is C20H30N4O4. The second-order valence-electron chi connectivity index (χ2n) is 7.05. The van der Waals surface area contributed by atoms with Gasteiger partial charge in [0, 0.05) is 32.7 Å². The quantitative estimate of drug-likeness (QED) is 0.621. The molecule has 2 aromatic rings. The summed E-state index contributed by atoms with van der Waals surface area (Å²) < 4.78 is 8.17. The minimum absolute atomic E-state index is 0.0381. The fraction of sp³-hybridized carbons (Fsp3) is 0.550.